The van der Waals surface area contributed by atoms with Crippen LogP contribution in [0.2, 0.25) is 0 Å². The Labute approximate surface area is 133 Å². The molecule has 1 aromatic heterocycles. The van der Waals surface area contributed by atoms with Crippen LogP contribution in [0.3, 0.4) is 0 Å². The molecule has 0 fully saturated rings. The molecule has 1 heterocycles. The zero-order chi connectivity index (χ0) is 15.6. The normalized spacial score (nSPS) is 11.0. The molecule has 3 nitrogen and oxygen atoms in total. The highest BCUT2D eigenvalue weighted by molar-refractivity contribution is 5.79. The summed E-state index contributed by atoms with van der Waals surface area (Å²) in [4.78, 5) is 0. The van der Waals surface area contributed by atoms with E-state index >= 15 is 0 Å². The number of aromatic nitrogens is 1. The van der Waals surface area contributed by atoms with Crippen LogP contribution in [0.25, 0.3) is 0 Å². The maximum absolute atomic E-state index is 4.48. The van der Waals surface area contributed by atoms with Crippen molar-refractivity contribution in [2.75, 3.05) is 12.1 Å². The molecular formula is C19H26N3+. The number of unbranched alkanes of at least 4 members (excludes halogenated alkanes) is 3. The highest BCUT2D eigenvalue weighted by Crippen LogP contribution is 2.10. The fourth-order valence-electron chi connectivity index (χ4n) is 2.29. The SMILES string of the molecule is CCCCCC[n+]1ccc(/C=N/N(C)c2ccccc2)cc1. The predicted molar refractivity (Wildman–Crippen MR) is 93.2 cm³/mol. The molecule has 0 unspecified atom stereocenters. The molecule has 0 aliphatic carbocycles. The van der Waals surface area contributed by atoms with Gasteiger partial charge in [0.1, 0.15) is 6.54 Å². The van der Waals surface area contributed by atoms with Gasteiger partial charge in [-0.2, -0.15) is 5.10 Å². The number of hydrazone groups is 1. The average molecular weight is 296 g/mol. The van der Waals surface area contributed by atoms with Crippen LogP contribution in [-0.4, -0.2) is 13.3 Å². The maximum Gasteiger partial charge on any atom is 0.169 e. The van der Waals surface area contributed by atoms with Crippen molar-refractivity contribution in [3.8, 4) is 0 Å². The lowest BCUT2D eigenvalue weighted by molar-refractivity contribution is -0.697. The van der Waals surface area contributed by atoms with Crippen LogP contribution in [0.1, 0.15) is 38.2 Å². The van der Waals surface area contributed by atoms with Gasteiger partial charge >= 0.3 is 0 Å². The molecule has 1 aromatic carbocycles. The Morgan fingerprint density at radius 2 is 1.73 bits per heavy atom. The first kappa shape index (κ1) is 16.2. The molecule has 116 valence electrons. The van der Waals surface area contributed by atoms with Gasteiger partial charge < -0.3 is 0 Å². The lowest BCUT2D eigenvalue weighted by atomic mass is 10.2. The molecule has 2 aromatic rings. The quantitative estimate of drug-likeness (QED) is 0.312. The molecule has 0 bridgehead atoms. The van der Waals surface area contributed by atoms with Crippen molar-refractivity contribution < 1.29 is 4.57 Å². The van der Waals surface area contributed by atoms with Crippen LogP contribution in [0.5, 0.6) is 0 Å². The second-order valence-corrected chi connectivity index (χ2v) is 5.53. The molecule has 0 radical (unpaired) electrons. The average Bonchev–Trinajstić information content (AvgIpc) is 2.58. The van der Waals surface area contributed by atoms with Crippen molar-refractivity contribution in [1.82, 2.24) is 0 Å². The molecule has 0 saturated heterocycles. The van der Waals surface area contributed by atoms with Crippen LogP contribution in [0.15, 0.2) is 60.0 Å². The van der Waals surface area contributed by atoms with E-state index in [0.717, 1.165) is 17.8 Å². The van der Waals surface area contributed by atoms with Gasteiger partial charge in [-0.1, -0.05) is 38.0 Å². The van der Waals surface area contributed by atoms with Gasteiger partial charge in [0.05, 0.1) is 11.9 Å². The number of pyridine rings is 1. The third kappa shape index (κ3) is 5.32. The number of para-hydroxylation sites is 1. The first-order chi connectivity index (χ1) is 10.8. The van der Waals surface area contributed by atoms with Crippen LogP contribution >= 0.6 is 0 Å². The summed E-state index contributed by atoms with van der Waals surface area (Å²) in [5.74, 6) is 0. The summed E-state index contributed by atoms with van der Waals surface area (Å²) in [7, 11) is 1.96. The van der Waals surface area contributed by atoms with E-state index in [-0.39, 0.29) is 0 Å². The molecule has 2 rings (SSSR count). The molecule has 0 atom stereocenters. The molecule has 0 aliphatic rings. The monoisotopic (exact) mass is 296 g/mol. The van der Waals surface area contributed by atoms with Gasteiger partial charge in [0.2, 0.25) is 0 Å². The summed E-state index contributed by atoms with van der Waals surface area (Å²) in [6, 6.07) is 14.4. The van der Waals surface area contributed by atoms with Crippen molar-refractivity contribution in [3.05, 3.63) is 60.4 Å². The van der Waals surface area contributed by atoms with E-state index in [4.69, 9.17) is 0 Å². The van der Waals surface area contributed by atoms with Crippen molar-refractivity contribution >= 4 is 11.9 Å². The second-order valence-electron chi connectivity index (χ2n) is 5.53. The minimum atomic E-state index is 1.08. The molecule has 0 amide bonds. The molecule has 0 N–H and O–H groups in total. The Balaban J connectivity index is 1.86. The third-order valence-electron chi connectivity index (χ3n) is 3.70. The second kappa shape index (κ2) is 8.98. The van der Waals surface area contributed by atoms with E-state index in [9.17, 15) is 0 Å². The molecule has 0 saturated carbocycles. The Morgan fingerprint density at radius 1 is 1.00 bits per heavy atom. The van der Waals surface area contributed by atoms with Gasteiger partial charge in [0, 0.05) is 31.2 Å². The summed E-state index contributed by atoms with van der Waals surface area (Å²) in [6.45, 7) is 3.34. The van der Waals surface area contributed by atoms with Crippen LogP contribution in [0, 0.1) is 0 Å². The lowest BCUT2D eigenvalue weighted by Gasteiger charge is -2.11. The van der Waals surface area contributed by atoms with Crippen LogP contribution < -0.4 is 9.58 Å². The summed E-state index contributed by atoms with van der Waals surface area (Å²) in [5.41, 5.74) is 2.20. The minimum Gasteiger partial charge on any atom is -0.269 e. The van der Waals surface area contributed by atoms with E-state index in [0.29, 0.717) is 0 Å². The predicted octanol–water partition coefficient (Wildman–Crippen LogP) is 4.02. The smallest absolute Gasteiger partial charge is 0.169 e. The largest absolute Gasteiger partial charge is 0.269 e. The van der Waals surface area contributed by atoms with E-state index in [2.05, 4.69) is 41.1 Å². The zero-order valence-electron chi connectivity index (χ0n) is 13.7. The van der Waals surface area contributed by atoms with Gasteiger partial charge in [-0.25, -0.2) is 4.57 Å². The third-order valence-corrected chi connectivity index (χ3v) is 3.70. The van der Waals surface area contributed by atoms with Crippen molar-refractivity contribution in [3.63, 3.8) is 0 Å². The number of rotatable bonds is 8. The molecule has 22 heavy (non-hydrogen) atoms. The topological polar surface area (TPSA) is 19.5 Å². The maximum atomic E-state index is 4.48. The molecule has 0 aliphatic heterocycles. The van der Waals surface area contributed by atoms with Crippen LogP contribution in [-0.2, 0) is 6.54 Å². The lowest BCUT2D eigenvalue weighted by Crippen LogP contribution is -2.32. The van der Waals surface area contributed by atoms with Crippen molar-refractivity contribution in [1.29, 1.82) is 0 Å². The highest BCUT2D eigenvalue weighted by atomic mass is 15.4. The fourth-order valence-corrected chi connectivity index (χ4v) is 2.29. The highest BCUT2D eigenvalue weighted by Gasteiger charge is 2.00. The Hall–Kier alpha value is -2.16. The molecule has 0 spiro atoms. The summed E-state index contributed by atoms with van der Waals surface area (Å²) < 4.78 is 2.24. The minimum absolute atomic E-state index is 1.08. The number of nitrogens with zero attached hydrogens (tertiary/aromatic N) is 3. The molecule has 3 heteroatoms. The Kier molecular flexibility index (Phi) is 6.62. The van der Waals surface area contributed by atoms with E-state index in [1.54, 1.807) is 0 Å². The zero-order valence-corrected chi connectivity index (χ0v) is 13.7. The van der Waals surface area contributed by atoms with E-state index in [1.165, 1.54) is 25.7 Å². The Morgan fingerprint density at radius 3 is 2.41 bits per heavy atom. The number of anilines is 1. The summed E-state index contributed by atoms with van der Waals surface area (Å²) in [6.07, 6.45) is 11.4. The van der Waals surface area contributed by atoms with Gasteiger partial charge in [-0.3, -0.25) is 5.01 Å². The van der Waals surface area contributed by atoms with Gasteiger partial charge in [0.15, 0.2) is 12.4 Å². The number of hydrogen-bond donors (Lipinski definition) is 0. The number of hydrogen-bond acceptors (Lipinski definition) is 2. The first-order valence-corrected chi connectivity index (χ1v) is 8.11. The Bertz CT molecular complexity index is 561. The van der Waals surface area contributed by atoms with Gasteiger partial charge in [-0.05, 0) is 18.6 Å². The fraction of sp³-hybridized carbons (Fsp3) is 0.368. The first-order valence-electron chi connectivity index (χ1n) is 8.11. The summed E-state index contributed by atoms with van der Waals surface area (Å²) in [5, 5.41) is 6.36. The van der Waals surface area contributed by atoms with Crippen LogP contribution in [0.4, 0.5) is 5.69 Å². The van der Waals surface area contributed by atoms with Gasteiger partial charge in [0.25, 0.3) is 0 Å². The van der Waals surface area contributed by atoms with Crippen molar-refractivity contribution in [2.45, 2.75) is 39.2 Å². The van der Waals surface area contributed by atoms with E-state index in [1.807, 2.05) is 48.6 Å². The molecular weight excluding hydrogens is 270 g/mol. The van der Waals surface area contributed by atoms with E-state index < -0.39 is 0 Å². The van der Waals surface area contributed by atoms with Gasteiger partial charge in [-0.15, -0.1) is 0 Å². The summed E-state index contributed by atoms with van der Waals surface area (Å²) >= 11 is 0. The standard InChI is InChI=1S/C19H26N3/c1-3-4-5-9-14-22-15-12-18(13-16-22)17-20-21(2)19-10-7-6-8-11-19/h6-8,10-13,15-17H,3-5,9,14H2,1-2H3/q+1. The van der Waals surface area contributed by atoms with Crippen molar-refractivity contribution in [2.24, 2.45) is 5.10 Å². The number of aryl methyl sites for hydroxylation is 1. The number of benzene rings is 1.